The van der Waals surface area contributed by atoms with Crippen molar-refractivity contribution in [2.24, 2.45) is 5.92 Å². The Kier molecular flexibility index (Phi) is 3.81. The van der Waals surface area contributed by atoms with Gasteiger partial charge in [-0.15, -0.1) is 0 Å². The summed E-state index contributed by atoms with van der Waals surface area (Å²) in [4.78, 5) is 11.9. The molecule has 1 fully saturated rings. The van der Waals surface area contributed by atoms with E-state index in [0.29, 0.717) is 0 Å². The number of fused-ring (bicyclic) bond motifs is 1. The van der Waals surface area contributed by atoms with Crippen LogP contribution < -0.4 is 21.1 Å². The third kappa shape index (κ3) is 2.92. The van der Waals surface area contributed by atoms with Gasteiger partial charge in [0.15, 0.2) is 0 Å². The topological polar surface area (TPSA) is 41.1 Å². The summed E-state index contributed by atoms with van der Waals surface area (Å²) >= 11 is 6.38. The lowest BCUT2D eigenvalue weighted by molar-refractivity contribution is -0.122. The van der Waals surface area contributed by atoms with E-state index in [0.717, 1.165) is 45.0 Å². The van der Waals surface area contributed by atoms with Crippen molar-refractivity contribution in [2.45, 2.75) is 25.9 Å². The van der Waals surface area contributed by atoms with Crippen LogP contribution in [0.1, 0.15) is 18.4 Å². The molecule has 2 aromatic rings. The highest BCUT2D eigenvalue weighted by Gasteiger charge is 2.30. The maximum Gasteiger partial charge on any atom is 0.224 e. The second-order valence-electron chi connectivity index (χ2n) is 6.51. The molecule has 2 aliphatic rings. The molecule has 0 aromatic heterocycles. The van der Waals surface area contributed by atoms with Crippen LogP contribution in [0.2, 0.25) is 5.02 Å². The van der Waals surface area contributed by atoms with Crippen molar-refractivity contribution in [1.29, 1.82) is 0 Å². The van der Waals surface area contributed by atoms with E-state index in [1.165, 1.54) is 0 Å². The second kappa shape index (κ2) is 5.99. The van der Waals surface area contributed by atoms with Crippen molar-refractivity contribution in [3.05, 3.63) is 57.4 Å². The fourth-order valence-electron chi connectivity index (χ4n) is 3.11. The average Bonchev–Trinajstić information content (AvgIpc) is 3.39. The number of rotatable bonds is 3. The summed E-state index contributed by atoms with van der Waals surface area (Å²) in [5.74, 6) is 0.357. The average molecular weight is 339 g/mol. The van der Waals surface area contributed by atoms with Crippen molar-refractivity contribution in [1.82, 2.24) is 10.6 Å². The van der Waals surface area contributed by atoms with E-state index in [2.05, 4.69) is 47.9 Å². The van der Waals surface area contributed by atoms with E-state index in [1.54, 1.807) is 0 Å². The molecule has 0 spiro atoms. The number of nitrogens with one attached hydrogen (secondary N) is 2. The van der Waals surface area contributed by atoms with Gasteiger partial charge >= 0.3 is 0 Å². The molecular formula is C20H19ClN2O. The van der Waals surface area contributed by atoms with Crippen LogP contribution in [0.15, 0.2) is 36.4 Å². The van der Waals surface area contributed by atoms with Crippen LogP contribution in [0.25, 0.3) is 23.4 Å². The fraction of sp³-hybridized carbons (Fsp3) is 0.250. The number of benzene rings is 2. The lowest BCUT2D eigenvalue weighted by Gasteiger charge is -2.19. The Bertz CT molecular complexity index is 911. The quantitative estimate of drug-likeness (QED) is 0.901. The molecule has 1 saturated carbocycles. The normalized spacial score (nSPS) is 18.7. The van der Waals surface area contributed by atoms with Crippen molar-refractivity contribution >= 4 is 29.8 Å². The van der Waals surface area contributed by atoms with Crippen LogP contribution in [-0.4, -0.2) is 12.1 Å². The molecule has 0 radical (unpaired) electrons. The number of hydrogen-bond donors (Lipinski definition) is 2. The zero-order valence-electron chi connectivity index (χ0n) is 13.5. The number of carbonyl (C=O) groups excluding carboxylic acids is 1. The van der Waals surface area contributed by atoms with Gasteiger partial charge in [-0.05, 0) is 59.5 Å². The van der Waals surface area contributed by atoms with Gasteiger partial charge in [0.25, 0.3) is 0 Å². The summed E-state index contributed by atoms with van der Waals surface area (Å²) in [7, 11) is 0. The number of carbonyl (C=O) groups is 1. The molecule has 1 aliphatic carbocycles. The Morgan fingerprint density at radius 2 is 2.04 bits per heavy atom. The molecule has 1 amide bonds. The molecular weight excluding hydrogens is 320 g/mol. The highest BCUT2D eigenvalue weighted by molar-refractivity contribution is 6.33. The van der Waals surface area contributed by atoms with E-state index in [9.17, 15) is 4.79 Å². The summed E-state index contributed by atoms with van der Waals surface area (Å²) in [5, 5.41) is 9.26. The molecule has 4 heteroatoms. The molecule has 2 N–H and O–H groups in total. The summed E-state index contributed by atoms with van der Waals surface area (Å²) < 4.78 is 0. The molecule has 1 heterocycles. The van der Waals surface area contributed by atoms with Crippen LogP contribution in [0.3, 0.4) is 0 Å². The van der Waals surface area contributed by atoms with E-state index >= 15 is 0 Å². The van der Waals surface area contributed by atoms with Crippen LogP contribution >= 0.6 is 11.6 Å². The first-order chi connectivity index (χ1) is 11.6. The van der Waals surface area contributed by atoms with E-state index in [-0.39, 0.29) is 18.0 Å². The first-order valence-electron chi connectivity index (χ1n) is 8.26. The smallest absolute Gasteiger partial charge is 0.224 e. The van der Waals surface area contributed by atoms with Crippen LogP contribution in [0.4, 0.5) is 0 Å². The van der Waals surface area contributed by atoms with Crippen molar-refractivity contribution in [3.8, 4) is 11.1 Å². The number of amides is 1. The Balaban J connectivity index is 1.66. The summed E-state index contributed by atoms with van der Waals surface area (Å²) in [5.41, 5.74) is 3.33. The summed E-state index contributed by atoms with van der Waals surface area (Å²) in [6.45, 7) is 2.07. The molecule has 2 aromatic carbocycles. The predicted molar refractivity (Wildman–Crippen MR) is 97.6 cm³/mol. The highest BCUT2D eigenvalue weighted by atomic mass is 35.5. The van der Waals surface area contributed by atoms with Gasteiger partial charge < -0.3 is 10.6 Å². The van der Waals surface area contributed by atoms with Gasteiger partial charge in [0.2, 0.25) is 5.91 Å². The van der Waals surface area contributed by atoms with Gasteiger partial charge in [0.05, 0.1) is 0 Å². The van der Waals surface area contributed by atoms with Gasteiger partial charge in [0, 0.05) is 22.7 Å². The molecule has 4 rings (SSSR count). The SMILES string of the molecule is Cc1cccc(Cl)c1-c1ccc2c(c1)=CNC(NC(=O)C1CC1)C=2. The maximum atomic E-state index is 11.9. The van der Waals surface area contributed by atoms with Crippen LogP contribution in [0.5, 0.6) is 0 Å². The van der Waals surface area contributed by atoms with E-state index in [4.69, 9.17) is 11.6 Å². The van der Waals surface area contributed by atoms with Gasteiger partial charge in [-0.1, -0.05) is 35.9 Å². The minimum Gasteiger partial charge on any atom is -0.368 e. The van der Waals surface area contributed by atoms with Gasteiger partial charge in [-0.3, -0.25) is 4.79 Å². The highest BCUT2D eigenvalue weighted by Crippen LogP contribution is 2.30. The zero-order chi connectivity index (χ0) is 16.7. The van der Waals surface area contributed by atoms with Gasteiger partial charge in [-0.2, -0.15) is 0 Å². The standard InChI is InChI=1S/C20H19ClN2O/c1-12-3-2-4-17(21)19(12)15-8-7-14-10-18(22-11-16(14)9-15)23-20(24)13-5-6-13/h2-4,7-11,13,18,22H,5-6H2,1H3,(H,23,24). The van der Waals surface area contributed by atoms with E-state index in [1.807, 2.05) is 18.3 Å². The Hall–Kier alpha value is -2.26. The van der Waals surface area contributed by atoms with Crippen LogP contribution in [-0.2, 0) is 4.79 Å². The molecule has 24 heavy (non-hydrogen) atoms. The van der Waals surface area contributed by atoms with Crippen molar-refractivity contribution < 1.29 is 4.79 Å². The molecule has 1 aliphatic heterocycles. The Morgan fingerprint density at radius 1 is 1.21 bits per heavy atom. The van der Waals surface area contributed by atoms with Gasteiger partial charge in [0.1, 0.15) is 6.17 Å². The largest absolute Gasteiger partial charge is 0.368 e. The third-order valence-corrected chi connectivity index (χ3v) is 4.92. The third-order valence-electron chi connectivity index (χ3n) is 4.61. The number of aryl methyl sites for hydroxylation is 1. The van der Waals surface area contributed by atoms with Crippen molar-refractivity contribution in [2.75, 3.05) is 0 Å². The fourth-order valence-corrected chi connectivity index (χ4v) is 3.44. The van der Waals surface area contributed by atoms with Crippen molar-refractivity contribution in [3.63, 3.8) is 0 Å². The monoisotopic (exact) mass is 338 g/mol. The molecule has 0 bridgehead atoms. The predicted octanol–water partition coefficient (Wildman–Crippen LogP) is 2.29. The Labute approximate surface area is 146 Å². The minimum absolute atomic E-state index is 0.140. The first kappa shape index (κ1) is 15.3. The lowest BCUT2D eigenvalue weighted by Crippen LogP contribution is -2.48. The number of halogens is 1. The molecule has 0 saturated heterocycles. The molecule has 1 unspecified atom stereocenters. The Morgan fingerprint density at radius 3 is 2.79 bits per heavy atom. The lowest BCUT2D eigenvalue weighted by atomic mass is 9.99. The maximum absolute atomic E-state index is 11.9. The second-order valence-corrected chi connectivity index (χ2v) is 6.92. The summed E-state index contributed by atoms with van der Waals surface area (Å²) in [6, 6.07) is 12.3. The van der Waals surface area contributed by atoms with E-state index < -0.39 is 0 Å². The minimum atomic E-state index is -0.140. The molecule has 122 valence electrons. The molecule has 1 atom stereocenters. The zero-order valence-corrected chi connectivity index (χ0v) is 14.2. The summed E-state index contributed by atoms with van der Waals surface area (Å²) in [6.07, 6.45) is 5.90. The van der Waals surface area contributed by atoms with Gasteiger partial charge in [-0.25, -0.2) is 0 Å². The number of hydrogen-bond acceptors (Lipinski definition) is 2. The molecule has 3 nitrogen and oxygen atoms in total. The first-order valence-corrected chi connectivity index (χ1v) is 8.64. The van der Waals surface area contributed by atoms with Crippen LogP contribution in [0, 0.1) is 12.8 Å².